The Morgan fingerprint density at radius 2 is 1.81 bits per heavy atom. The van der Waals surface area contributed by atoms with Crippen molar-refractivity contribution in [1.82, 2.24) is 0 Å². The van der Waals surface area contributed by atoms with Gasteiger partial charge < -0.3 is 0 Å². The van der Waals surface area contributed by atoms with Crippen molar-refractivity contribution in [1.29, 1.82) is 0 Å². The van der Waals surface area contributed by atoms with E-state index in [1.807, 2.05) is 0 Å². The first-order valence-electron chi connectivity index (χ1n) is 5.83. The Morgan fingerprint density at radius 3 is 2.81 bits per heavy atom. The summed E-state index contributed by atoms with van der Waals surface area (Å²) in [7, 11) is 0. The monoisotopic (exact) mass is 204 g/mol. The van der Waals surface area contributed by atoms with Gasteiger partial charge in [0.1, 0.15) is 0 Å². The molecular weight excluding hydrogens is 192 g/mol. The minimum Gasteiger partial charge on any atom is -0.0795 e. The van der Waals surface area contributed by atoms with Crippen LogP contribution in [0.3, 0.4) is 0 Å². The van der Waals surface area contributed by atoms with Crippen molar-refractivity contribution in [2.75, 3.05) is 0 Å². The lowest BCUT2D eigenvalue weighted by Gasteiger charge is -2.08. The fourth-order valence-electron chi connectivity index (χ4n) is 3.00. The van der Waals surface area contributed by atoms with Crippen molar-refractivity contribution < 1.29 is 0 Å². The molecule has 0 saturated heterocycles. The van der Waals surface area contributed by atoms with Gasteiger partial charge in [-0.2, -0.15) is 0 Å². The van der Waals surface area contributed by atoms with Crippen LogP contribution in [-0.4, -0.2) is 0 Å². The minimum absolute atomic E-state index is 1.10. The van der Waals surface area contributed by atoms with E-state index in [4.69, 9.17) is 0 Å². The molecule has 0 saturated carbocycles. The van der Waals surface area contributed by atoms with Crippen LogP contribution in [-0.2, 0) is 12.8 Å². The number of allylic oxidation sites excluding steroid dienone is 1. The molecule has 2 aliphatic rings. The van der Waals surface area contributed by atoms with Crippen molar-refractivity contribution in [3.05, 3.63) is 64.7 Å². The molecule has 2 aromatic carbocycles. The molecule has 4 rings (SSSR count). The van der Waals surface area contributed by atoms with Crippen LogP contribution < -0.4 is 0 Å². The van der Waals surface area contributed by atoms with Crippen LogP contribution in [0.4, 0.5) is 0 Å². The SMILES string of the molecule is C1=Cc2ccc3c(c2C1)-c1ccccc1C3. The molecule has 0 N–H and O–H groups in total. The van der Waals surface area contributed by atoms with Crippen LogP contribution in [0, 0.1) is 0 Å². The Kier molecular flexibility index (Phi) is 1.49. The maximum atomic E-state index is 2.30. The van der Waals surface area contributed by atoms with Crippen molar-refractivity contribution >= 4 is 6.08 Å². The summed E-state index contributed by atoms with van der Waals surface area (Å²) < 4.78 is 0. The van der Waals surface area contributed by atoms with E-state index in [2.05, 4.69) is 48.6 Å². The van der Waals surface area contributed by atoms with Crippen molar-refractivity contribution in [2.24, 2.45) is 0 Å². The lowest BCUT2D eigenvalue weighted by molar-refractivity contribution is 1.24. The number of fused-ring (bicyclic) bond motifs is 5. The third-order valence-corrected chi connectivity index (χ3v) is 3.72. The first-order chi connectivity index (χ1) is 7.93. The molecule has 0 unspecified atom stereocenters. The number of benzene rings is 2. The standard InChI is InChI=1S/C16H12/c1-2-6-15-12(4-1)10-13-9-8-11-5-3-7-14(11)16(13)15/h1-6,8-9H,7,10H2. The van der Waals surface area contributed by atoms with Gasteiger partial charge >= 0.3 is 0 Å². The highest BCUT2D eigenvalue weighted by atomic mass is 14.3. The second-order valence-corrected chi connectivity index (χ2v) is 4.61. The van der Waals surface area contributed by atoms with Gasteiger partial charge in [0.05, 0.1) is 0 Å². The van der Waals surface area contributed by atoms with Gasteiger partial charge in [0, 0.05) is 0 Å². The molecule has 0 aliphatic heterocycles. The van der Waals surface area contributed by atoms with Crippen LogP contribution in [0.2, 0.25) is 0 Å². The Labute approximate surface area is 95.2 Å². The molecule has 0 atom stereocenters. The van der Waals surface area contributed by atoms with Gasteiger partial charge in [-0.1, -0.05) is 48.6 Å². The summed E-state index contributed by atoms with van der Waals surface area (Å²) in [6, 6.07) is 13.4. The van der Waals surface area contributed by atoms with Gasteiger partial charge in [-0.15, -0.1) is 0 Å². The largest absolute Gasteiger partial charge is 0.0795 e. The molecule has 0 heterocycles. The van der Waals surface area contributed by atoms with E-state index in [0.717, 1.165) is 12.8 Å². The fraction of sp³-hybridized carbons (Fsp3) is 0.125. The summed E-state index contributed by atoms with van der Waals surface area (Å²) in [6.45, 7) is 0. The van der Waals surface area contributed by atoms with Crippen LogP contribution in [0.15, 0.2) is 42.5 Å². The highest BCUT2D eigenvalue weighted by Crippen LogP contribution is 2.41. The summed E-state index contributed by atoms with van der Waals surface area (Å²) in [5.41, 5.74) is 8.90. The van der Waals surface area contributed by atoms with E-state index < -0.39 is 0 Å². The molecule has 0 heteroatoms. The molecule has 0 aromatic heterocycles. The van der Waals surface area contributed by atoms with E-state index >= 15 is 0 Å². The summed E-state index contributed by atoms with van der Waals surface area (Å²) >= 11 is 0. The van der Waals surface area contributed by atoms with E-state index in [9.17, 15) is 0 Å². The fourth-order valence-corrected chi connectivity index (χ4v) is 3.00. The summed E-state index contributed by atoms with van der Waals surface area (Å²) in [6.07, 6.45) is 6.73. The second-order valence-electron chi connectivity index (χ2n) is 4.61. The molecule has 2 aromatic rings. The molecular formula is C16H12. The maximum absolute atomic E-state index is 2.30. The van der Waals surface area contributed by atoms with Crippen LogP contribution >= 0.6 is 0 Å². The molecule has 0 spiro atoms. The lowest BCUT2D eigenvalue weighted by Crippen LogP contribution is -1.89. The summed E-state index contributed by atoms with van der Waals surface area (Å²) in [4.78, 5) is 0. The Balaban J connectivity index is 2.07. The normalized spacial score (nSPS) is 14.8. The predicted octanol–water partition coefficient (Wildman–Crippen LogP) is 3.83. The van der Waals surface area contributed by atoms with Crippen LogP contribution in [0.1, 0.15) is 22.3 Å². The topological polar surface area (TPSA) is 0 Å². The van der Waals surface area contributed by atoms with Gasteiger partial charge in [-0.3, -0.25) is 0 Å². The smallest absolute Gasteiger partial charge is 0.00133 e. The first-order valence-corrected chi connectivity index (χ1v) is 5.83. The third-order valence-electron chi connectivity index (χ3n) is 3.72. The Morgan fingerprint density at radius 1 is 0.875 bits per heavy atom. The molecule has 76 valence electrons. The van der Waals surface area contributed by atoms with E-state index in [0.29, 0.717) is 0 Å². The zero-order valence-electron chi connectivity index (χ0n) is 9.03. The van der Waals surface area contributed by atoms with Gasteiger partial charge in [-0.25, -0.2) is 0 Å². The average molecular weight is 204 g/mol. The van der Waals surface area contributed by atoms with Gasteiger partial charge in [0.15, 0.2) is 0 Å². The number of hydrogen-bond acceptors (Lipinski definition) is 0. The quantitative estimate of drug-likeness (QED) is 0.522. The highest BCUT2D eigenvalue weighted by Gasteiger charge is 2.22. The molecule has 0 radical (unpaired) electrons. The minimum atomic E-state index is 1.10. The number of rotatable bonds is 0. The van der Waals surface area contributed by atoms with Crippen LogP contribution in [0.5, 0.6) is 0 Å². The van der Waals surface area contributed by atoms with Crippen molar-refractivity contribution in [2.45, 2.75) is 12.8 Å². The van der Waals surface area contributed by atoms with Crippen LogP contribution in [0.25, 0.3) is 17.2 Å². The first kappa shape index (κ1) is 8.35. The second kappa shape index (κ2) is 2.85. The van der Waals surface area contributed by atoms with Gasteiger partial charge in [-0.05, 0) is 46.2 Å². The summed E-state index contributed by atoms with van der Waals surface area (Å²) in [5.74, 6) is 0. The third kappa shape index (κ3) is 0.943. The molecule has 16 heavy (non-hydrogen) atoms. The summed E-state index contributed by atoms with van der Waals surface area (Å²) in [5, 5.41) is 0. The van der Waals surface area contributed by atoms with E-state index in [1.165, 1.54) is 33.4 Å². The Bertz CT molecular complexity index is 618. The van der Waals surface area contributed by atoms with Gasteiger partial charge in [0.25, 0.3) is 0 Å². The van der Waals surface area contributed by atoms with Gasteiger partial charge in [0.2, 0.25) is 0 Å². The molecule has 0 amide bonds. The zero-order chi connectivity index (χ0) is 10.5. The Hall–Kier alpha value is -1.82. The molecule has 0 bridgehead atoms. The zero-order valence-corrected chi connectivity index (χ0v) is 9.03. The molecule has 0 fully saturated rings. The molecule has 0 nitrogen and oxygen atoms in total. The van der Waals surface area contributed by atoms with E-state index in [1.54, 1.807) is 0 Å². The predicted molar refractivity (Wildman–Crippen MR) is 67.4 cm³/mol. The van der Waals surface area contributed by atoms with Crippen molar-refractivity contribution in [3.8, 4) is 11.1 Å². The van der Waals surface area contributed by atoms with E-state index in [-0.39, 0.29) is 0 Å². The average Bonchev–Trinajstić information content (AvgIpc) is 2.91. The maximum Gasteiger partial charge on any atom is -0.00133 e. The molecule has 2 aliphatic carbocycles. The number of hydrogen-bond donors (Lipinski definition) is 0. The highest BCUT2D eigenvalue weighted by molar-refractivity contribution is 5.84. The lowest BCUT2D eigenvalue weighted by atomic mass is 9.96. The van der Waals surface area contributed by atoms with Crippen molar-refractivity contribution in [3.63, 3.8) is 0 Å².